The Bertz CT molecular complexity index is 4350. The van der Waals surface area contributed by atoms with Crippen LogP contribution < -0.4 is 0 Å². The van der Waals surface area contributed by atoms with Crippen LogP contribution in [0.15, 0.2) is 267 Å². The molecule has 0 bridgehead atoms. The minimum atomic E-state index is -7.82. The predicted octanol–water partition coefficient (Wildman–Crippen LogP) is 22.2. The summed E-state index contributed by atoms with van der Waals surface area (Å²) in [5, 5.41) is -22.2. The molecule has 0 saturated carbocycles. The summed E-state index contributed by atoms with van der Waals surface area (Å²) in [6.45, 7) is 0. The van der Waals surface area contributed by atoms with Gasteiger partial charge >= 0.3 is 424 Å². The van der Waals surface area contributed by atoms with E-state index in [9.17, 15) is 117 Å². The van der Waals surface area contributed by atoms with E-state index in [1.54, 1.807) is 0 Å². The van der Waals surface area contributed by atoms with Gasteiger partial charge in [-0.05, 0) is 0 Å². The second-order valence-corrected chi connectivity index (χ2v) is 38.5. The molecular formula is C60H36F27IO9S7. The number of hydrogen-bond acceptors (Lipinski definition) is 11. The molecule has 0 aliphatic rings. The number of hydrogen-bond donors (Lipinski definition) is 0. The Balaban J connectivity index is 1.16. The van der Waals surface area contributed by atoms with Crippen molar-refractivity contribution in [2.45, 2.75) is 119 Å². The predicted molar refractivity (Wildman–Crippen MR) is 329 cm³/mol. The van der Waals surface area contributed by atoms with Gasteiger partial charge in [-0.1, -0.05) is 72.8 Å². The van der Waals surface area contributed by atoms with Gasteiger partial charge in [-0.3, -0.25) is 0 Å². The van der Waals surface area contributed by atoms with Crippen LogP contribution in [0.3, 0.4) is 0 Å². The Morgan fingerprint density at radius 3 is 0.644 bits per heavy atom. The molecule has 44 heteroatoms. The van der Waals surface area contributed by atoms with Crippen molar-refractivity contribution in [1.82, 2.24) is 0 Å². The SMILES string of the molecule is O=S(=O)(OI(c1ccc(Sc2ccc(S(OS(=O)(=O)C(F)(F)C(F)(F)C(F)(F)C(F)(F)F)(c3ccccc3)c3ccccc3)cc2)cc1)c1ccc(Sc2ccc(S(OS(=O)(=O)C(F)(F)C(F)(F)C(F)(F)C(F)(F)F)(c3ccccc3)c3ccccc3)cc2)cc1)C(F)(F)C(F)(F)C(F)(F)C(F)(F)F. The second-order valence-electron chi connectivity index (χ2n) is 20.7. The molecule has 568 valence electrons. The molecule has 9 nitrogen and oxygen atoms in total. The van der Waals surface area contributed by atoms with E-state index in [1.807, 2.05) is 0 Å². The maximum atomic E-state index is 15.5. The van der Waals surface area contributed by atoms with Crippen molar-refractivity contribution in [3.63, 3.8) is 0 Å². The fourth-order valence-corrected chi connectivity index (χ4v) is 27.6. The van der Waals surface area contributed by atoms with Gasteiger partial charge < -0.3 is 0 Å². The summed E-state index contributed by atoms with van der Waals surface area (Å²) in [6.07, 6.45) is -22.5. The van der Waals surface area contributed by atoms with Crippen molar-refractivity contribution >= 4 is 94.7 Å². The molecule has 104 heavy (non-hydrogen) atoms. The molecule has 0 unspecified atom stereocenters. The van der Waals surface area contributed by atoms with E-state index in [0.29, 0.717) is 23.5 Å². The molecule has 8 rings (SSSR count). The van der Waals surface area contributed by atoms with Gasteiger partial charge in [0.2, 0.25) is 0 Å². The summed E-state index contributed by atoms with van der Waals surface area (Å²) in [6, 6.07) is 36.7. The van der Waals surface area contributed by atoms with Crippen LogP contribution in [0, 0.1) is 7.14 Å². The minimum absolute atomic E-state index is 0.0379. The first-order valence-corrected chi connectivity index (χ1v) is 39.3. The van der Waals surface area contributed by atoms with Crippen molar-refractivity contribution in [2.24, 2.45) is 0 Å². The summed E-state index contributed by atoms with van der Waals surface area (Å²) in [5.74, 6) is -46.5. The van der Waals surface area contributed by atoms with Crippen molar-refractivity contribution < 1.29 is 154 Å². The first-order valence-electron chi connectivity index (χ1n) is 27.3. The van der Waals surface area contributed by atoms with E-state index >= 15 is 26.3 Å². The average molecular weight is 1770 g/mol. The van der Waals surface area contributed by atoms with Crippen molar-refractivity contribution in [3.05, 3.63) is 226 Å². The van der Waals surface area contributed by atoms with Gasteiger partial charge in [-0.2, -0.15) is 95.9 Å². The Kier molecular flexibility index (Phi) is 23.0. The molecule has 0 amide bonds. The monoisotopic (exact) mass is 1760 g/mol. The van der Waals surface area contributed by atoms with Crippen LogP contribution >= 0.6 is 64.4 Å². The van der Waals surface area contributed by atoms with Crippen LogP contribution in [0.25, 0.3) is 0 Å². The van der Waals surface area contributed by atoms with E-state index in [0.717, 1.165) is 194 Å². The van der Waals surface area contributed by atoms with E-state index < -0.39 is 178 Å². The van der Waals surface area contributed by atoms with Gasteiger partial charge in [0, 0.05) is 0 Å². The van der Waals surface area contributed by atoms with Gasteiger partial charge in [0.15, 0.2) is 0 Å². The fourth-order valence-electron chi connectivity index (χ4n) is 8.63. The van der Waals surface area contributed by atoms with Crippen molar-refractivity contribution in [3.8, 4) is 0 Å². The van der Waals surface area contributed by atoms with Crippen molar-refractivity contribution in [2.75, 3.05) is 0 Å². The number of alkyl halides is 27. The topological polar surface area (TPSA) is 130 Å². The number of rotatable bonds is 27. The molecule has 0 heterocycles. The Morgan fingerprint density at radius 2 is 0.433 bits per heavy atom. The van der Waals surface area contributed by atoms with Gasteiger partial charge in [-0.25, -0.2) is 0 Å². The van der Waals surface area contributed by atoms with Crippen LogP contribution in [0.2, 0.25) is 0 Å². The van der Waals surface area contributed by atoms with Crippen molar-refractivity contribution in [1.29, 1.82) is 0 Å². The van der Waals surface area contributed by atoms with Crippen LogP contribution in [0.1, 0.15) is 0 Å². The third-order valence-corrected chi connectivity index (χ3v) is 33.8. The van der Waals surface area contributed by atoms with E-state index in [4.69, 9.17) is 7.26 Å². The molecule has 0 aliphatic heterocycles. The molecule has 0 saturated heterocycles. The first-order chi connectivity index (χ1) is 47.5. The molecule has 0 N–H and O–H groups in total. The summed E-state index contributed by atoms with van der Waals surface area (Å²) >= 11 is -3.84. The van der Waals surface area contributed by atoms with Gasteiger partial charge in [-0.15, -0.1) is 0 Å². The Morgan fingerprint density at radius 1 is 0.240 bits per heavy atom. The zero-order valence-corrected chi connectivity index (χ0v) is 57.8. The van der Waals surface area contributed by atoms with Crippen LogP contribution in [0.4, 0.5) is 119 Å². The summed E-state index contributed by atoms with van der Waals surface area (Å²) in [5.41, 5.74) is 0. The van der Waals surface area contributed by atoms with E-state index in [1.165, 1.54) is 24.3 Å². The molecule has 8 aromatic carbocycles. The maximum absolute atomic E-state index is 15.5. The molecule has 0 atom stereocenters. The standard InChI is InChI=1S/C60H36F27IO9S7/c61-49(62,55(73,74)75)52(67,68)58(82,83)102(89,90)95-88(37-21-25-39(26-22-37)98-41-29-33-47(34-30-41)100(43-13-5-1-6-14-43,44-15-7-2-8-16-44)96-103(91,92)59(84,85)53(69,70)50(63,64)56(76,77)78)38-23-27-40(28-24-38)99-42-31-35-48(36-32-42)101(45-17-9-3-10-18-45,46-19-11-4-12-20-46)97-104(93,94)60(86,87)54(71,72)51(65,66)57(79,80)81/h1-36H. The average Bonchev–Trinajstić information content (AvgIpc) is 0.705. The second kappa shape index (κ2) is 28.7. The molecular weight excluding hydrogens is 1730 g/mol. The summed E-state index contributed by atoms with van der Waals surface area (Å²) in [7, 11) is -32.1. The summed E-state index contributed by atoms with van der Waals surface area (Å²) < 4.78 is 478. The quantitative estimate of drug-likeness (QED) is 0.0360. The molecule has 0 aromatic heterocycles. The van der Waals surface area contributed by atoms with E-state index in [-0.39, 0.29) is 19.6 Å². The van der Waals surface area contributed by atoms with Gasteiger partial charge in [0.1, 0.15) is 0 Å². The Labute approximate surface area is 588 Å². The van der Waals surface area contributed by atoms with Crippen LogP contribution in [0.5, 0.6) is 0 Å². The zero-order chi connectivity index (χ0) is 78.0. The van der Waals surface area contributed by atoms with Gasteiger partial charge in [0.05, 0.1) is 0 Å². The molecule has 0 aliphatic carbocycles. The third-order valence-electron chi connectivity index (χ3n) is 13.9. The Hall–Kier alpha value is -6.27. The fraction of sp³-hybridized carbons (Fsp3) is 0.200. The number of halogens is 28. The molecule has 0 radical (unpaired) electrons. The van der Waals surface area contributed by atoms with Gasteiger partial charge in [0.25, 0.3) is 0 Å². The normalized spacial score (nSPS) is 14.8. The first kappa shape index (κ1) is 83.4. The zero-order valence-electron chi connectivity index (χ0n) is 49.9. The third kappa shape index (κ3) is 14.6. The van der Waals surface area contributed by atoms with Crippen LogP contribution in [-0.4, -0.2) is 95.1 Å². The molecule has 0 spiro atoms. The van der Waals surface area contributed by atoms with E-state index in [2.05, 4.69) is 2.51 Å². The van der Waals surface area contributed by atoms with Crippen LogP contribution in [-0.2, 0) is 40.1 Å². The molecule has 0 fully saturated rings. The molecule has 8 aromatic rings. The number of benzene rings is 8. The summed E-state index contributed by atoms with van der Waals surface area (Å²) in [4.78, 5) is -3.28.